The Kier molecular flexibility index (Phi) is 6.65. The molecule has 1 amide bonds. The maximum atomic E-state index is 12.8. The molecule has 5 nitrogen and oxygen atoms in total. The van der Waals surface area contributed by atoms with Crippen LogP contribution in [0.4, 0.5) is 0 Å². The third-order valence-electron chi connectivity index (χ3n) is 4.64. The van der Waals surface area contributed by atoms with Gasteiger partial charge in [0.25, 0.3) is 5.91 Å². The van der Waals surface area contributed by atoms with Gasteiger partial charge in [-0.1, -0.05) is 0 Å². The van der Waals surface area contributed by atoms with Crippen molar-refractivity contribution in [2.75, 3.05) is 20.1 Å². The van der Waals surface area contributed by atoms with Crippen molar-refractivity contribution in [3.8, 4) is 5.69 Å². The quantitative estimate of drug-likeness (QED) is 0.812. The molecule has 0 saturated carbocycles. The second kappa shape index (κ2) is 8.34. The van der Waals surface area contributed by atoms with Gasteiger partial charge in [-0.15, -0.1) is 12.4 Å². The number of amides is 1. The summed E-state index contributed by atoms with van der Waals surface area (Å²) in [5.41, 5.74) is 3.72. The lowest BCUT2D eigenvalue weighted by molar-refractivity contribution is 0.0737. The molecular formula is C18H24BrClN4O. The molecule has 3 rings (SSSR count). The van der Waals surface area contributed by atoms with Gasteiger partial charge in [-0.25, -0.2) is 4.68 Å². The van der Waals surface area contributed by atoms with E-state index in [1.54, 1.807) is 0 Å². The van der Waals surface area contributed by atoms with Gasteiger partial charge in [-0.05, 0) is 73.9 Å². The number of carbonyl (C=O) groups excluding carboxylic acids is 1. The highest BCUT2D eigenvalue weighted by Gasteiger charge is 2.28. The molecule has 0 radical (unpaired) electrons. The number of aromatic nitrogens is 2. The van der Waals surface area contributed by atoms with Gasteiger partial charge in [-0.3, -0.25) is 4.79 Å². The van der Waals surface area contributed by atoms with Crippen LogP contribution in [-0.2, 0) is 0 Å². The van der Waals surface area contributed by atoms with Crippen molar-refractivity contribution in [3.63, 3.8) is 0 Å². The zero-order valence-electron chi connectivity index (χ0n) is 14.8. The fraction of sp³-hybridized carbons (Fsp3) is 0.444. The van der Waals surface area contributed by atoms with E-state index in [0.717, 1.165) is 53.0 Å². The molecule has 25 heavy (non-hydrogen) atoms. The second-order valence-electron chi connectivity index (χ2n) is 6.30. The molecule has 1 aromatic heterocycles. The number of aryl methyl sites for hydroxylation is 1. The zero-order chi connectivity index (χ0) is 17.3. The van der Waals surface area contributed by atoms with Crippen LogP contribution >= 0.6 is 28.3 Å². The summed E-state index contributed by atoms with van der Waals surface area (Å²) in [6.07, 6.45) is 2.15. The molecule has 2 aromatic rings. The molecule has 1 fully saturated rings. The van der Waals surface area contributed by atoms with E-state index in [1.165, 1.54) is 0 Å². The molecule has 1 unspecified atom stereocenters. The average Bonchev–Trinajstić information content (AvgIpc) is 3.15. The van der Waals surface area contributed by atoms with Gasteiger partial charge in [0.2, 0.25) is 0 Å². The number of halogens is 2. The number of rotatable bonds is 4. The maximum absolute atomic E-state index is 12.8. The minimum Gasteiger partial charge on any atom is -0.334 e. The number of carbonyl (C=O) groups is 1. The molecule has 1 N–H and O–H groups in total. The predicted octanol–water partition coefficient (Wildman–Crippen LogP) is 3.50. The van der Waals surface area contributed by atoms with Crippen molar-refractivity contribution in [2.45, 2.75) is 32.7 Å². The van der Waals surface area contributed by atoms with Crippen LogP contribution in [0.2, 0.25) is 0 Å². The lowest BCUT2D eigenvalue weighted by Gasteiger charge is -2.24. The SMILES string of the molecule is CNCC1CCCN1C(=O)c1ccc(-n2nc(C)c(Br)c2C)cc1.Cl. The van der Waals surface area contributed by atoms with E-state index in [2.05, 4.69) is 26.3 Å². The van der Waals surface area contributed by atoms with Crippen LogP contribution in [0.15, 0.2) is 28.7 Å². The summed E-state index contributed by atoms with van der Waals surface area (Å²) in [6, 6.07) is 8.02. The Bertz CT molecular complexity index is 744. The third-order valence-corrected chi connectivity index (χ3v) is 5.79. The van der Waals surface area contributed by atoms with E-state index in [-0.39, 0.29) is 18.3 Å². The van der Waals surface area contributed by atoms with Gasteiger partial charge >= 0.3 is 0 Å². The van der Waals surface area contributed by atoms with Gasteiger partial charge < -0.3 is 10.2 Å². The first kappa shape index (κ1) is 19.9. The van der Waals surface area contributed by atoms with Crippen LogP contribution in [0, 0.1) is 13.8 Å². The molecule has 1 aliphatic heterocycles. The standard InChI is InChI=1S/C18H23BrN4O.ClH/c1-12-17(19)13(2)23(21-12)15-8-6-14(7-9-15)18(24)22-10-4-5-16(22)11-20-3;/h6-9,16,20H,4-5,10-11H2,1-3H3;1H. The van der Waals surface area contributed by atoms with Crippen LogP contribution in [0.5, 0.6) is 0 Å². The summed E-state index contributed by atoms with van der Waals surface area (Å²) < 4.78 is 2.92. The minimum absolute atomic E-state index is 0. The first-order valence-corrected chi connectivity index (χ1v) is 9.10. The Labute approximate surface area is 163 Å². The number of hydrogen-bond acceptors (Lipinski definition) is 3. The van der Waals surface area contributed by atoms with Crippen molar-refractivity contribution in [1.82, 2.24) is 20.0 Å². The summed E-state index contributed by atoms with van der Waals surface area (Å²) >= 11 is 3.55. The largest absolute Gasteiger partial charge is 0.334 e. The fourth-order valence-corrected chi connectivity index (χ4v) is 3.58. The average molecular weight is 428 g/mol. The monoisotopic (exact) mass is 426 g/mol. The fourth-order valence-electron chi connectivity index (χ4n) is 3.34. The molecule has 1 saturated heterocycles. The van der Waals surface area contributed by atoms with E-state index < -0.39 is 0 Å². The number of hydrogen-bond donors (Lipinski definition) is 1. The van der Waals surface area contributed by atoms with Gasteiger partial charge in [0, 0.05) is 24.7 Å². The number of nitrogens with one attached hydrogen (secondary N) is 1. The molecule has 1 aliphatic rings. The zero-order valence-corrected chi connectivity index (χ0v) is 17.2. The third kappa shape index (κ3) is 3.91. The van der Waals surface area contributed by atoms with Gasteiger partial charge in [0.1, 0.15) is 0 Å². The lowest BCUT2D eigenvalue weighted by Crippen LogP contribution is -2.40. The van der Waals surface area contributed by atoms with E-state index >= 15 is 0 Å². The summed E-state index contributed by atoms with van der Waals surface area (Å²) in [6.45, 7) is 5.69. The molecule has 7 heteroatoms. The van der Waals surface area contributed by atoms with Gasteiger partial charge in [0.15, 0.2) is 0 Å². The van der Waals surface area contributed by atoms with E-state index in [9.17, 15) is 4.79 Å². The molecule has 0 aliphatic carbocycles. The lowest BCUT2D eigenvalue weighted by atomic mass is 10.1. The van der Waals surface area contributed by atoms with Crippen LogP contribution in [0.25, 0.3) is 5.69 Å². The Morgan fingerprint density at radius 2 is 2.00 bits per heavy atom. The second-order valence-corrected chi connectivity index (χ2v) is 7.09. The first-order valence-electron chi connectivity index (χ1n) is 8.30. The van der Waals surface area contributed by atoms with Crippen LogP contribution in [0.3, 0.4) is 0 Å². The van der Waals surface area contributed by atoms with Crippen LogP contribution in [-0.4, -0.2) is 46.8 Å². The molecule has 0 bridgehead atoms. The highest BCUT2D eigenvalue weighted by molar-refractivity contribution is 9.10. The molecule has 2 heterocycles. The van der Waals surface area contributed by atoms with Gasteiger partial charge in [0.05, 0.1) is 21.5 Å². The molecule has 1 atom stereocenters. The summed E-state index contributed by atoms with van der Waals surface area (Å²) in [7, 11) is 1.93. The van der Waals surface area contributed by atoms with Crippen molar-refractivity contribution in [2.24, 2.45) is 0 Å². The van der Waals surface area contributed by atoms with Crippen molar-refractivity contribution in [3.05, 3.63) is 45.7 Å². The Morgan fingerprint density at radius 3 is 2.56 bits per heavy atom. The summed E-state index contributed by atoms with van der Waals surface area (Å²) in [4.78, 5) is 14.8. The number of benzene rings is 1. The summed E-state index contributed by atoms with van der Waals surface area (Å²) in [5.74, 6) is 0.119. The van der Waals surface area contributed by atoms with Crippen molar-refractivity contribution in [1.29, 1.82) is 0 Å². The van der Waals surface area contributed by atoms with Crippen molar-refractivity contribution < 1.29 is 4.79 Å². The maximum Gasteiger partial charge on any atom is 0.254 e. The first-order chi connectivity index (χ1) is 11.5. The Hall–Kier alpha value is -1.37. The smallest absolute Gasteiger partial charge is 0.254 e. The van der Waals surface area contributed by atoms with Gasteiger partial charge in [-0.2, -0.15) is 5.10 Å². The minimum atomic E-state index is 0. The van der Waals surface area contributed by atoms with Crippen LogP contribution < -0.4 is 5.32 Å². The topological polar surface area (TPSA) is 50.2 Å². The molecule has 136 valence electrons. The normalized spacial score (nSPS) is 16.8. The molecule has 1 aromatic carbocycles. The molecule has 0 spiro atoms. The van der Waals surface area contributed by atoms with E-state index in [0.29, 0.717) is 6.04 Å². The van der Waals surface area contributed by atoms with E-state index in [4.69, 9.17) is 0 Å². The summed E-state index contributed by atoms with van der Waals surface area (Å²) in [5, 5.41) is 7.72. The highest BCUT2D eigenvalue weighted by atomic mass is 79.9. The Balaban J connectivity index is 0.00000225. The van der Waals surface area contributed by atoms with Crippen molar-refractivity contribution >= 4 is 34.2 Å². The highest BCUT2D eigenvalue weighted by Crippen LogP contribution is 2.24. The number of likely N-dealkylation sites (N-methyl/N-ethyl adjacent to an activating group) is 1. The van der Waals surface area contributed by atoms with Crippen LogP contribution in [0.1, 0.15) is 34.6 Å². The number of likely N-dealkylation sites (tertiary alicyclic amines) is 1. The van der Waals surface area contributed by atoms with E-state index in [1.807, 2.05) is 54.7 Å². The molecular weight excluding hydrogens is 404 g/mol. The number of nitrogens with zero attached hydrogens (tertiary/aromatic N) is 3. The predicted molar refractivity (Wildman–Crippen MR) is 106 cm³/mol. The Morgan fingerprint density at radius 1 is 1.32 bits per heavy atom.